The van der Waals surface area contributed by atoms with E-state index in [0.29, 0.717) is 13.1 Å². The number of carbonyl (C=O) groups excluding carboxylic acids is 1. The van der Waals surface area contributed by atoms with E-state index in [0.717, 1.165) is 25.3 Å². The molecule has 4 nitrogen and oxygen atoms in total. The Morgan fingerprint density at radius 3 is 3.17 bits per heavy atom. The number of nitrogens with zero attached hydrogens (tertiary/aromatic N) is 1. The number of fused-ring (bicyclic) bond motifs is 1. The third-order valence-corrected chi connectivity index (χ3v) is 2.98. The van der Waals surface area contributed by atoms with Crippen LogP contribution < -0.4 is 15.5 Å². The second-order valence-electron chi connectivity index (χ2n) is 4.32. The van der Waals surface area contributed by atoms with Crippen molar-refractivity contribution in [3.8, 4) is 0 Å². The summed E-state index contributed by atoms with van der Waals surface area (Å²) in [6.45, 7) is 7.11. The SMILES string of the molecule is C=CCNC(=O)CN1CCNCc2ccccc21. The van der Waals surface area contributed by atoms with Crippen molar-refractivity contribution in [2.24, 2.45) is 0 Å². The van der Waals surface area contributed by atoms with Crippen LogP contribution in [0.1, 0.15) is 5.56 Å². The van der Waals surface area contributed by atoms with E-state index in [1.54, 1.807) is 6.08 Å². The number of benzene rings is 1. The Bertz CT molecular complexity index is 431. The zero-order valence-corrected chi connectivity index (χ0v) is 10.5. The summed E-state index contributed by atoms with van der Waals surface area (Å²) in [4.78, 5) is 13.9. The highest BCUT2D eigenvalue weighted by molar-refractivity contribution is 5.81. The van der Waals surface area contributed by atoms with Crippen molar-refractivity contribution in [2.45, 2.75) is 6.54 Å². The highest BCUT2D eigenvalue weighted by Gasteiger charge is 2.16. The van der Waals surface area contributed by atoms with Crippen LogP contribution >= 0.6 is 0 Å². The summed E-state index contributed by atoms with van der Waals surface area (Å²) in [7, 11) is 0. The number of hydrogen-bond donors (Lipinski definition) is 2. The summed E-state index contributed by atoms with van der Waals surface area (Å²) in [5, 5.41) is 6.17. The summed E-state index contributed by atoms with van der Waals surface area (Å²) in [6.07, 6.45) is 1.69. The van der Waals surface area contributed by atoms with E-state index in [4.69, 9.17) is 0 Å². The fourth-order valence-corrected chi connectivity index (χ4v) is 2.11. The average Bonchev–Trinajstić information content (AvgIpc) is 2.59. The van der Waals surface area contributed by atoms with Crippen molar-refractivity contribution < 1.29 is 4.79 Å². The predicted molar refractivity (Wildman–Crippen MR) is 73.6 cm³/mol. The van der Waals surface area contributed by atoms with Gasteiger partial charge in [0, 0.05) is 31.9 Å². The molecule has 2 N–H and O–H groups in total. The minimum Gasteiger partial charge on any atom is -0.361 e. The molecule has 4 heteroatoms. The van der Waals surface area contributed by atoms with E-state index in [1.807, 2.05) is 12.1 Å². The smallest absolute Gasteiger partial charge is 0.239 e. The molecule has 0 spiro atoms. The fraction of sp³-hybridized carbons (Fsp3) is 0.357. The van der Waals surface area contributed by atoms with Gasteiger partial charge in [-0.2, -0.15) is 0 Å². The lowest BCUT2D eigenvalue weighted by atomic mass is 10.1. The average molecular weight is 245 g/mol. The van der Waals surface area contributed by atoms with Gasteiger partial charge in [0.05, 0.1) is 6.54 Å². The number of rotatable bonds is 4. The molecular formula is C14H19N3O. The molecule has 0 bridgehead atoms. The van der Waals surface area contributed by atoms with Crippen LogP contribution in [0, 0.1) is 0 Å². The molecule has 0 unspecified atom stereocenters. The lowest BCUT2D eigenvalue weighted by Crippen LogP contribution is -2.39. The van der Waals surface area contributed by atoms with E-state index in [1.165, 1.54) is 5.56 Å². The lowest BCUT2D eigenvalue weighted by molar-refractivity contribution is -0.119. The number of anilines is 1. The van der Waals surface area contributed by atoms with Gasteiger partial charge >= 0.3 is 0 Å². The maximum Gasteiger partial charge on any atom is 0.239 e. The van der Waals surface area contributed by atoms with Gasteiger partial charge in [-0.15, -0.1) is 6.58 Å². The molecule has 0 aliphatic carbocycles. The Morgan fingerprint density at radius 1 is 1.50 bits per heavy atom. The second kappa shape index (κ2) is 6.21. The van der Waals surface area contributed by atoms with E-state index in [-0.39, 0.29) is 5.91 Å². The molecule has 1 aliphatic heterocycles. The standard InChI is InChI=1S/C14H19N3O/c1-2-7-16-14(18)11-17-9-8-15-10-12-5-3-4-6-13(12)17/h2-6,15H,1,7-11H2,(H,16,18). The lowest BCUT2D eigenvalue weighted by Gasteiger charge is -2.23. The Balaban J connectivity index is 2.08. The van der Waals surface area contributed by atoms with Crippen LogP contribution in [0.5, 0.6) is 0 Å². The van der Waals surface area contributed by atoms with Crippen LogP contribution in [-0.4, -0.2) is 32.1 Å². The van der Waals surface area contributed by atoms with Crippen molar-refractivity contribution in [1.82, 2.24) is 10.6 Å². The van der Waals surface area contributed by atoms with Crippen LogP contribution in [0.3, 0.4) is 0 Å². The number of carbonyl (C=O) groups is 1. The summed E-state index contributed by atoms with van der Waals surface area (Å²) < 4.78 is 0. The van der Waals surface area contributed by atoms with Crippen LogP contribution in [0.15, 0.2) is 36.9 Å². The van der Waals surface area contributed by atoms with E-state index < -0.39 is 0 Å². The van der Waals surface area contributed by atoms with Gasteiger partial charge in [-0.3, -0.25) is 4.79 Å². The number of para-hydroxylation sites is 1. The van der Waals surface area contributed by atoms with Crippen LogP contribution in [0.4, 0.5) is 5.69 Å². The molecule has 18 heavy (non-hydrogen) atoms. The van der Waals surface area contributed by atoms with Gasteiger partial charge in [0.1, 0.15) is 0 Å². The molecule has 0 radical (unpaired) electrons. The molecule has 0 atom stereocenters. The molecule has 0 aromatic heterocycles. The normalized spacial score (nSPS) is 14.6. The molecular weight excluding hydrogens is 226 g/mol. The zero-order chi connectivity index (χ0) is 12.8. The molecule has 2 rings (SSSR count). The van der Waals surface area contributed by atoms with Gasteiger partial charge in [-0.25, -0.2) is 0 Å². The molecule has 1 aromatic rings. The first-order valence-electron chi connectivity index (χ1n) is 6.22. The molecule has 1 aromatic carbocycles. The maximum absolute atomic E-state index is 11.8. The van der Waals surface area contributed by atoms with Gasteiger partial charge in [0.2, 0.25) is 5.91 Å². The first-order valence-corrected chi connectivity index (χ1v) is 6.22. The number of nitrogens with one attached hydrogen (secondary N) is 2. The minimum atomic E-state index is 0.0339. The Labute approximate surface area is 108 Å². The van der Waals surface area contributed by atoms with E-state index in [2.05, 4.69) is 34.2 Å². The highest BCUT2D eigenvalue weighted by atomic mass is 16.2. The van der Waals surface area contributed by atoms with Crippen molar-refractivity contribution >= 4 is 11.6 Å². The molecule has 0 saturated heterocycles. The molecule has 1 amide bonds. The predicted octanol–water partition coefficient (Wildman–Crippen LogP) is 0.898. The Hall–Kier alpha value is -1.81. The van der Waals surface area contributed by atoms with Gasteiger partial charge in [0.15, 0.2) is 0 Å². The number of amides is 1. The largest absolute Gasteiger partial charge is 0.361 e. The Kier molecular flexibility index (Phi) is 4.36. The van der Waals surface area contributed by atoms with Crippen molar-refractivity contribution in [3.05, 3.63) is 42.5 Å². The minimum absolute atomic E-state index is 0.0339. The van der Waals surface area contributed by atoms with Gasteiger partial charge in [-0.05, 0) is 11.6 Å². The monoisotopic (exact) mass is 245 g/mol. The summed E-state index contributed by atoms with van der Waals surface area (Å²) in [5.41, 5.74) is 2.39. The fourth-order valence-electron chi connectivity index (χ4n) is 2.11. The van der Waals surface area contributed by atoms with Crippen LogP contribution in [0.25, 0.3) is 0 Å². The topological polar surface area (TPSA) is 44.4 Å². The van der Waals surface area contributed by atoms with Gasteiger partial charge < -0.3 is 15.5 Å². The summed E-state index contributed by atoms with van der Waals surface area (Å²) in [5.74, 6) is 0.0339. The third kappa shape index (κ3) is 3.11. The molecule has 96 valence electrons. The molecule has 1 aliphatic rings. The summed E-state index contributed by atoms with van der Waals surface area (Å²) >= 11 is 0. The number of hydrogen-bond acceptors (Lipinski definition) is 3. The quantitative estimate of drug-likeness (QED) is 0.775. The first kappa shape index (κ1) is 12.6. The maximum atomic E-state index is 11.8. The Morgan fingerprint density at radius 2 is 2.33 bits per heavy atom. The van der Waals surface area contributed by atoms with Crippen LogP contribution in [-0.2, 0) is 11.3 Å². The second-order valence-corrected chi connectivity index (χ2v) is 4.32. The van der Waals surface area contributed by atoms with E-state index >= 15 is 0 Å². The molecule has 1 heterocycles. The summed E-state index contributed by atoms with van der Waals surface area (Å²) in [6, 6.07) is 8.21. The molecule has 0 fully saturated rings. The van der Waals surface area contributed by atoms with E-state index in [9.17, 15) is 4.79 Å². The van der Waals surface area contributed by atoms with Gasteiger partial charge in [-0.1, -0.05) is 24.3 Å². The van der Waals surface area contributed by atoms with Crippen molar-refractivity contribution in [2.75, 3.05) is 31.1 Å². The zero-order valence-electron chi connectivity index (χ0n) is 10.5. The van der Waals surface area contributed by atoms with Crippen molar-refractivity contribution in [1.29, 1.82) is 0 Å². The van der Waals surface area contributed by atoms with Gasteiger partial charge in [0.25, 0.3) is 0 Å². The molecule has 0 saturated carbocycles. The highest BCUT2D eigenvalue weighted by Crippen LogP contribution is 2.21. The third-order valence-electron chi connectivity index (χ3n) is 2.98. The van der Waals surface area contributed by atoms with Crippen LogP contribution in [0.2, 0.25) is 0 Å². The van der Waals surface area contributed by atoms with Crippen molar-refractivity contribution in [3.63, 3.8) is 0 Å². The first-order chi connectivity index (χ1) is 8.81.